The van der Waals surface area contributed by atoms with Gasteiger partial charge in [-0.1, -0.05) is 41.6 Å². The van der Waals surface area contributed by atoms with Crippen LogP contribution < -0.4 is 5.73 Å². The van der Waals surface area contributed by atoms with Gasteiger partial charge in [-0.05, 0) is 62.8 Å². The molecule has 0 bridgehead atoms. The summed E-state index contributed by atoms with van der Waals surface area (Å²) in [6.07, 6.45) is 3.91. The summed E-state index contributed by atoms with van der Waals surface area (Å²) >= 11 is 0. The van der Waals surface area contributed by atoms with E-state index in [1.165, 1.54) is 0 Å². The summed E-state index contributed by atoms with van der Waals surface area (Å²) in [4.78, 5) is 20.3. The van der Waals surface area contributed by atoms with Crippen molar-refractivity contribution in [2.75, 3.05) is 26.8 Å². The molecule has 2 unspecified atom stereocenters. The molecule has 2 atom stereocenters. The molecule has 3 heterocycles. The van der Waals surface area contributed by atoms with Crippen LogP contribution in [0.15, 0.2) is 53.1 Å². The van der Waals surface area contributed by atoms with Crippen molar-refractivity contribution in [1.29, 1.82) is 0 Å². The van der Waals surface area contributed by atoms with Crippen molar-refractivity contribution < 1.29 is 14.1 Å². The van der Waals surface area contributed by atoms with Crippen molar-refractivity contribution in [3.63, 3.8) is 0 Å². The second-order valence-corrected chi connectivity index (χ2v) is 10.7. The molecule has 8 heteroatoms. The van der Waals surface area contributed by atoms with Crippen LogP contribution in [0, 0.1) is 13.8 Å². The largest absolute Gasteiger partial charge is 0.385 e. The predicted molar refractivity (Wildman–Crippen MR) is 152 cm³/mol. The van der Waals surface area contributed by atoms with Crippen LogP contribution in [-0.4, -0.2) is 58.4 Å². The molecule has 0 spiro atoms. The molecule has 8 nitrogen and oxygen atoms in total. The van der Waals surface area contributed by atoms with E-state index in [9.17, 15) is 4.79 Å². The molecule has 206 valence electrons. The Hall–Kier alpha value is -3.49. The van der Waals surface area contributed by atoms with Crippen molar-refractivity contribution in [2.24, 2.45) is 5.73 Å². The van der Waals surface area contributed by atoms with E-state index in [-0.39, 0.29) is 17.9 Å². The zero-order valence-electron chi connectivity index (χ0n) is 23.2. The van der Waals surface area contributed by atoms with Crippen molar-refractivity contribution in [2.45, 2.75) is 64.5 Å². The highest BCUT2D eigenvalue weighted by Gasteiger charge is 2.29. The molecular formula is C31H39N5O3. The lowest BCUT2D eigenvalue weighted by molar-refractivity contribution is -0.132. The lowest BCUT2D eigenvalue weighted by Crippen LogP contribution is -2.42. The maximum Gasteiger partial charge on any atom is 0.224 e. The van der Waals surface area contributed by atoms with Gasteiger partial charge < -0.3 is 24.5 Å². The summed E-state index contributed by atoms with van der Waals surface area (Å²) in [5.41, 5.74) is 12.8. The van der Waals surface area contributed by atoms with E-state index in [2.05, 4.69) is 52.2 Å². The van der Waals surface area contributed by atoms with Gasteiger partial charge in [0.25, 0.3) is 0 Å². The smallest absolute Gasteiger partial charge is 0.224 e. The highest BCUT2D eigenvalue weighted by molar-refractivity contribution is 5.78. The third-order valence-electron chi connectivity index (χ3n) is 7.76. The number of nitrogens with two attached hydrogens (primary N) is 1. The number of aryl methyl sites for hydroxylation is 3. The van der Waals surface area contributed by atoms with Crippen LogP contribution in [-0.2, 0) is 22.5 Å². The summed E-state index contributed by atoms with van der Waals surface area (Å²) in [5.74, 6) is 2.23. The Balaban J connectivity index is 1.22. The number of carbonyl (C=O) groups excluding carboxylic acids is 1. The molecule has 1 aliphatic heterocycles. The van der Waals surface area contributed by atoms with E-state index in [0.29, 0.717) is 26.0 Å². The van der Waals surface area contributed by atoms with Crippen molar-refractivity contribution in [3.05, 3.63) is 71.4 Å². The molecule has 0 aliphatic carbocycles. The minimum Gasteiger partial charge on any atom is -0.385 e. The summed E-state index contributed by atoms with van der Waals surface area (Å²) in [6, 6.07) is 16.4. The zero-order chi connectivity index (χ0) is 27.4. The maximum atomic E-state index is 13.3. The highest BCUT2D eigenvalue weighted by atomic mass is 16.5. The molecule has 0 radical (unpaired) electrons. The lowest BCUT2D eigenvalue weighted by Gasteiger charge is -2.33. The number of likely N-dealkylation sites (tertiary alicyclic amines) is 1. The number of hydrogen-bond donors (Lipinski definition) is 1. The number of fused-ring (bicyclic) bond motifs is 1. The molecule has 1 fully saturated rings. The van der Waals surface area contributed by atoms with Gasteiger partial charge in [-0.15, -0.1) is 0 Å². The number of ether oxygens (including phenoxy) is 1. The average Bonchev–Trinajstić information content (AvgIpc) is 3.48. The fourth-order valence-electron chi connectivity index (χ4n) is 5.85. The third-order valence-corrected chi connectivity index (χ3v) is 7.76. The van der Waals surface area contributed by atoms with Crippen molar-refractivity contribution in [1.82, 2.24) is 19.6 Å². The minimum absolute atomic E-state index is 0.126. The van der Waals surface area contributed by atoms with Gasteiger partial charge in [-0.2, -0.15) is 0 Å². The van der Waals surface area contributed by atoms with Gasteiger partial charge in [-0.25, -0.2) is 4.98 Å². The van der Waals surface area contributed by atoms with Gasteiger partial charge in [0, 0.05) is 57.3 Å². The molecular weight excluding hydrogens is 490 g/mol. The molecule has 0 saturated carbocycles. The molecule has 1 amide bonds. The second-order valence-electron chi connectivity index (χ2n) is 10.7. The van der Waals surface area contributed by atoms with Gasteiger partial charge in [0.2, 0.25) is 5.91 Å². The highest BCUT2D eigenvalue weighted by Crippen LogP contribution is 2.30. The SMILES string of the molecule is COCCCn1c(C2CCCN(C(=O)CC(N)Cc3ccc(-c4c(C)noc4C)cc3)C2)nc2ccccc21. The molecule has 2 N–H and O–H groups in total. The first-order chi connectivity index (χ1) is 18.9. The first-order valence-electron chi connectivity index (χ1n) is 13.9. The molecule has 1 saturated heterocycles. The van der Waals surface area contributed by atoms with Crippen molar-refractivity contribution in [3.8, 4) is 11.1 Å². The van der Waals surface area contributed by atoms with E-state index >= 15 is 0 Å². The monoisotopic (exact) mass is 529 g/mol. The maximum absolute atomic E-state index is 13.3. The average molecular weight is 530 g/mol. The Morgan fingerprint density at radius 1 is 1.18 bits per heavy atom. The summed E-state index contributed by atoms with van der Waals surface area (Å²) in [7, 11) is 1.73. The van der Waals surface area contributed by atoms with Crippen LogP contribution >= 0.6 is 0 Å². The van der Waals surface area contributed by atoms with E-state index in [1.54, 1.807) is 7.11 Å². The standard InChI is InChI=1S/C31H39N5O3/c1-21-30(22(2)39-34-21)24-13-11-23(12-14-24)18-26(32)19-29(37)35-15-6-8-25(20-35)31-33-27-9-4-5-10-28(27)36(31)16-7-17-38-3/h4-5,9-14,25-26H,6-8,15-20,32H2,1-3H3. The molecule has 1 aliphatic rings. The number of amides is 1. The van der Waals surface area contributed by atoms with E-state index in [4.69, 9.17) is 20.0 Å². The zero-order valence-corrected chi connectivity index (χ0v) is 23.2. The predicted octanol–water partition coefficient (Wildman–Crippen LogP) is 5.01. The van der Waals surface area contributed by atoms with Crippen LogP contribution in [0.5, 0.6) is 0 Å². The van der Waals surface area contributed by atoms with Crippen LogP contribution in [0.2, 0.25) is 0 Å². The molecule has 5 rings (SSSR count). The Morgan fingerprint density at radius 2 is 1.97 bits per heavy atom. The number of hydrogen-bond acceptors (Lipinski definition) is 6. The molecule has 39 heavy (non-hydrogen) atoms. The number of methoxy groups -OCH3 is 1. The van der Waals surface area contributed by atoms with Gasteiger partial charge in [0.15, 0.2) is 0 Å². The van der Waals surface area contributed by atoms with Gasteiger partial charge in [0.05, 0.1) is 16.7 Å². The topological polar surface area (TPSA) is 99.4 Å². The van der Waals surface area contributed by atoms with E-state index < -0.39 is 0 Å². The normalized spacial score (nSPS) is 16.6. The summed E-state index contributed by atoms with van der Waals surface area (Å²) in [5, 5.41) is 4.05. The third kappa shape index (κ3) is 6.07. The first kappa shape index (κ1) is 27.1. The number of imidazole rings is 1. The number of aromatic nitrogens is 3. The van der Waals surface area contributed by atoms with E-state index in [0.717, 1.165) is 77.4 Å². The molecule has 4 aromatic rings. The number of carbonyl (C=O) groups is 1. The van der Waals surface area contributed by atoms with Crippen LogP contribution in [0.25, 0.3) is 22.2 Å². The number of para-hydroxylation sites is 2. The van der Waals surface area contributed by atoms with Crippen LogP contribution in [0.1, 0.15) is 54.4 Å². The number of nitrogens with zero attached hydrogens (tertiary/aromatic N) is 4. The Bertz CT molecular complexity index is 1390. The van der Waals surface area contributed by atoms with Gasteiger partial charge in [0.1, 0.15) is 11.6 Å². The fourth-order valence-corrected chi connectivity index (χ4v) is 5.85. The number of piperidine rings is 1. The van der Waals surface area contributed by atoms with Crippen molar-refractivity contribution >= 4 is 16.9 Å². The Kier molecular flexibility index (Phi) is 8.43. The second kappa shape index (κ2) is 12.1. The first-order valence-corrected chi connectivity index (χ1v) is 13.9. The van der Waals surface area contributed by atoms with Gasteiger partial charge >= 0.3 is 0 Å². The van der Waals surface area contributed by atoms with Gasteiger partial charge in [-0.3, -0.25) is 4.79 Å². The fraction of sp³-hybridized carbons (Fsp3) is 0.452. The lowest BCUT2D eigenvalue weighted by atomic mass is 9.95. The Labute approximate surface area is 230 Å². The number of rotatable bonds is 10. The minimum atomic E-state index is -0.235. The van der Waals surface area contributed by atoms with E-state index in [1.807, 2.05) is 24.8 Å². The van der Waals surface area contributed by atoms with Crippen LogP contribution in [0.4, 0.5) is 0 Å². The quantitative estimate of drug-likeness (QED) is 0.290. The molecule has 2 aromatic heterocycles. The molecule has 2 aromatic carbocycles. The number of benzene rings is 2. The summed E-state index contributed by atoms with van der Waals surface area (Å²) in [6.45, 7) is 6.90. The van der Waals surface area contributed by atoms with Crippen LogP contribution in [0.3, 0.4) is 0 Å². The summed E-state index contributed by atoms with van der Waals surface area (Å²) < 4.78 is 12.9. The Morgan fingerprint density at radius 3 is 2.72 bits per heavy atom.